The molecule has 0 aromatic carbocycles. The zero-order valence-corrected chi connectivity index (χ0v) is 8.73. The molecule has 0 spiro atoms. The second-order valence-electron chi connectivity index (χ2n) is 4.01. The molecular weight excluding hydrogens is 192 g/mol. The molecule has 2 rings (SSSR count). The Morgan fingerprint density at radius 1 is 1.67 bits per heavy atom. The third-order valence-electron chi connectivity index (χ3n) is 2.64. The van der Waals surface area contributed by atoms with Crippen LogP contribution in [0.1, 0.15) is 16.8 Å². The van der Waals surface area contributed by atoms with Gasteiger partial charge in [0.15, 0.2) is 0 Å². The van der Waals surface area contributed by atoms with Gasteiger partial charge >= 0.3 is 5.97 Å². The van der Waals surface area contributed by atoms with E-state index >= 15 is 0 Å². The lowest BCUT2D eigenvalue weighted by Gasteiger charge is -2.24. The van der Waals surface area contributed by atoms with Crippen LogP contribution in [0.3, 0.4) is 0 Å². The van der Waals surface area contributed by atoms with Gasteiger partial charge in [-0.1, -0.05) is 6.07 Å². The van der Waals surface area contributed by atoms with Crippen LogP contribution in [0.25, 0.3) is 0 Å². The maximum atomic E-state index is 10.6. The number of likely N-dealkylation sites (N-methyl/N-ethyl adjacent to an activating group) is 1. The smallest absolute Gasteiger partial charge is 0.307 e. The summed E-state index contributed by atoms with van der Waals surface area (Å²) in [6.45, 7) is 1.90. The zero-order chi connectivity index (χ0) is 10.8. The summed E-state index contributed by atoms with van der Waals surface area (Å²) in [5.41, 5.74) is 3.07. The molecule has 4 heteroatoms. The van der Waals surface area contributed by atoms with Crippen molar-refractivity contribution < 1.29 is 9.90 Å². The standard InChI is InChI=1S/C11H14N2O2/c1-13-3-2-10-9(7-13)4-8(6-12-10)5-11(14)15/h4,6H,2-3,5,7H2,1H3,(H,14,15). The van der Waals surface area contributed by atoms with Crippen molar-refractivity contribution in [1.29, 1.82) is 0 Å². The van der Waals surface area contributed by atoms with E-state index in [0.717, 1.165) is 30.8 Å². The summed E-state index contributed by atoms with van der Waals surface area (Å²) in [6, 6.07) is 1.96. The average Bonchev–Trinajstić information content (AvgIpc) is 2.16. The number of aliphatic carboxylic acids is 1. The predicted molar refractivity (Wildman–Crippen MR) is 55.6 cm³/mol. The minimum absolute atomic E-state index is 0.0595. The van der Waals surface area contributed by atoms with E-state index in [0.29, 0.717) is 0 Å². The van der Waals surface area contributed by atoms with Gasteiger partial charge in [-0.3, -0.25) is 9.78 Å². The van der Waals surface area contributed by atoms with Crippen molar-refractivity contribution in [3.8, 4) is 0 Å². The largest absolute Gasteiger partial charge is 0.481 e. The maximum absolute atomic E-state index is 10.6. The first-order valence-electron chi connectivity index (χ1n) is 5.02. The molecule has 0 fully saturated rings. The van der Waals surface area contributed by atoms with Gasteiger partial charge in [0.05, 0.1) is 6.42 Å². The highest BCUT2D eigenvalue weighted by molar-refractivity contribution is 5.70. The Bertz CT molecular complexity index is 390. The van der Waals surface area contributed by atoms with Crippen molar-refractivity contribution in [3.05, 3.63) is 29.1 Å². The average molecular weight is 206 g/mol. The maximum Gasteiger partial charge on any atom is 0.307 e. The number of hydrogen-bond acceptors (Lipinski definition) is 3. The monoisotopic (exact) mass is 206 g/mol. The first-order valence-corrected chi connectivity index (χ1v) is 5.02. The Kier molecular flexibility index (Phi) is 2.68. The van der Waals surface area contributed by atoms with E-state index in [1.807, 2.05) is 6.07 Å². The van der Waals surface area contributed by atoms with E-state index in [4.69, 9.17) is 5.11 Å². The molecule has 1 aliphatic heterocycles. The molecule has 0 saturated carbocycles. The molecular formula is C11H14N2O2. The fourth-order valence-electron chi connectivity index (χ4n) is 1.89. The molecule has 1 aromatic rings. The van der Waals surface area contributed by atoms with Crippen LogP contribution in [0.4, 0.5) is 0 Å². The quantitative estimate of drug-likeness (QED) is 0.773. The highest BCUT2D eigenvalue weighted by atomic mass is 16.4. The molecule has 0 amide bonds. The van der Waals surface area contributed by atoms with Crippen LogP contribution in [0.5, 0.6) is 0 Å². The van der Waals surface area contributed by atoms with Gasteiger partial charge in [0, 0.05) is 31.4 Å². The summed E-state index contributed by atoms with van der Waals surface area (Å²) in [5.74, 6) is -0.805. The Balaban J connectivity index is 2.24. The molecule has 0 saturated heterocycles. The summed E-state index contributed by atoms with van der Waals surface area (Å²) >= 11 is 0. The zero-order valence-electron chi connectivity index (χ0n) is 8.73. The molecule has 0 atom stereocenters. The van der Waals surface area contributed by atoms with Crippen molar-refractivity contribution in [1.82, 2.24) is 9.88 Å². The second-order valence-corrected chi connectivity index (χ2v) is 4.01. The molecule has 1 aromatic heterocycles. The molecule has 0 aliphatic carbocycles. The molecule has 15 heavy (non-hydrogen) atoms. The van der Waals surface area contributed by atoms with Gasteiger partial charge in [0.25, 0.3) is 0 Å². The SMILES string of the molecule is CN1CCc2ncc(CC(=O)O)cc2C1. The topological polar surface area (TPSA) is 53.4 Å². The fourth-order valence-corrected chi connectivity index (χ4v) is 1.89. The summed E-state index contributed by atoms with van der Waals surface area (Å²) in [4.78, 5) is 17.1. The number of aromatic nitrogens is 1. The van der Waals surface area contributed by atoms with Crippen molar-refractivity contribution in [3.63, 3.8) is 0 Å². The number of carboxylic acid groups (broad SMARTS) is 1. The van der Waals surface area contributed by atoms with Crippen molar-refractivity contribution >= 4 is 5.97 Å². The summed E-state index contributed by atoms with van der Waals surface area (Å²) in [5, 5.41) is 8.68. The first-order chi connectivity index (χ1) is 7.15. The summed E-state index contributed by atoms with van der Waals surface area (Å²) in [6.07, 6.45) is 2.70. The number of rotatable bonds is 2. The van der Waals surface area contributed by atoms with Gasteiger partial charge in [0.1, 0.15) is 0 Å². The van der Waals surface area contributed by atoms with E-state index in [9.17, 15) is 4.79 Å². The summed E-state index contributed by atoms with van der Waals surface area (Å²) < 4.78 is 0. The van der Waals surface area contributed by atoms with Gasteiger partial charge < -0.3 is 10.0 Å². The Labute approximate surface area is 88.6 Å². The molecule has 4 nitrogen and oxygen atoms in total. The van der Waals surface area contributed by atoms with Crippen LogP contribution >= 0.6 is 0 Å². The van der Waals surface area contributed by atoms with Gasteiger partial charge in [0.2, 0.25) is 0 Å². The first kappa shape index (κ1) is 10.1. The highest BCUT2D eigenvalue weighted by Gasteiger charge is 2.15. The van der Waals surface area contributed by atoms with Crippen LogP contribution < -0.4 is 0 Å². The van der Waals surface area contributed by atoms with Crippen LogP contribution in [0.15, 0.2) is 12.3 Å². The van der Waals surface area contributed by atoms with Crippen LogP contribution in [0, 0.1) is 0 Å². The van der Waals surface area contributed by atoms with Crippen LogP contribution in [-0.4, -0.2) is 34.6 Å². The van der Waals surface area contributed by atoms with Gasteiger partial charge in [-0.15, -0.1) is 0 Å². The van der Waals surface area contributed by atoms with E-state index in [2.05, 4.69) is 16.9 Å². The number of carbonyl (C=O) groups is 1. The number of hydrogen-bond donors (Lipinski definition) is 1. The molecule has 1 aliphatic rings. The Morgan fingerprint density at radius 3 is 3.20 bits per heavy atom. The van der Waals surface area contributed by atoms with Crippen LogP contribution in [-0.2, 0) is 24.2 Å². The lowest BCUT2D eigenvalue weighted by atomic mass is 10.0. The van der Waals surface area contributed by atoms with E-state index in [-0.39, 0.29) is 6.42 Å². The summed E-state index contributed by atoms with van der Waals surface area (Å²) in [7, 11) is 2.06. The van der Waals surface area contributed by atoms with Gasteiger partial charge in [-0.05, 0) is 18.2 Å². The molecule has 0 bridgehead atoms. The van der Waals surface area contributed by atoms with Gasteiger partial charge in [-0.25, -0.2) is 0 Å². The van der Waals surface area contributed by atoms with Crippen molar-refractivity contribution in [2.75, 3.05) is 13.6 Å². The molecule has 0 unspecified atom stereocenters. The minimum atomic E-state index is -0.805. The third kappa shape index (κ3) is 2.33. The van der Waals surface area contributed by atoms with E-state index in [1.54, 1.807) is 6.20 Å². The van der Waals surface area contributed by atoms with E-state index in [1.165, 1.54) is 5.56 Å². The highest BCUT2D eigenvalue weighted by Crippen LogP contribution is 2.17. The second kappa shape index (κ2) is 3.98. The lowest BCUT2D eigenvalue weighted by molar-refractivity contribution is -0.136. The molecule has 1 N–H and O–H groups in total. The fraction of sp³-hybridized carbons (Fsp3) is 0.455. The van der Waals surface area contributed by atoms with Crippen molar-refractivity contribution in [2.24, 2.45) is 0 Å². The Morgan fingerprint density at radius 2 is 2.47 bits per heavy atom. The minimum Gasteiger partial charge on any atom is -0.481 e. The van der Waals surface area contributed by atoms with Crippen LogP contribution in [0.2, 0.25) is 0 Å². The van der Waals surface area contributed by atoms with Gasteiger partial charge in [-0.2, -0.15) is 0 Å². The van der Waals surface area contributed by atoms with Crippen molar-refractivity contribution in [2.45, 2.75) is 19.4 Å². The molecule has 2 heterocycles. The number of carboxylic acids is 1. The normalized spacial score (nSPS) is 16.1. The Hall–Kier alpha value is -1.42. The number of nitrogens with zero attached hydrogens (tertiary/aromatic N) is 2. The number of pyridine rings is 1. The molecule has 0 radical (unpaired) electrons. The molecule has 80 valence electrons. The third-order valence-corrected chi connectivity index (χ3v) is 2.64. The van der Waals surface area contributed by atoms with E-state index < -0.39 is 5.97 Å². The lowest BCUT2D eigenvalue weighted by Crippen LogP contribution is -2.27. The number of fused-ring (bicyclic) bond motifs is 1. The predicted octanol–water partition coefficient (Wildman–Crippen LogP) is 0.697.